The van der Waals surface area contributed by atoms with E-state index in [1.165, 1.54) is 38.1 Å². The van der Waals surface area contributed by atoms with Crippen LogP contribution in [0.4, 0.5) is 0 Å². The highest BCUT2D eigenvalue weighted by Crippen LogP contribution is 2.40. The van der Waals surface area contributed by atoms with Gasteiger partial charge in [-0.2, -0.15) is 0 Å². The smallest absolute Gasteiger partial charge is 0.136 e. The lowest BCUT2D eigenvalue weighted by atomic mass is 9.86. The maximum atomic E-state index is 6.11. The van der Waals surface area contributed by atoms with Crippen molar-refractivity contribution in [3.8, 4) is 0 Å². The number of para-hydroxylation sites is 1. The molecule has 0 unspecified atom stereocenters. The summed E-state index contributed by atoms with van der Waals surface area (Å²) in [6.07, 6.45) is 0. The van der Waals surface area contributed by atoms with Gasteiger partial charge in [0.1, 0.15) is 11.2 Å². The van der Waals surface area contributed by atoms with Crippen LogP contribution in [0, 0.1) is 0 Å². The van der Waals surface area contributed by atoms with Crippen LogP contribution in [-0.2, 0) is 12.5 Å². The molecule has 0 spiro atoms. The van der Waals surface area contributed by atoms with Gasteiger partial charge in [0.15, 0.2) is 0 Å². The van der Waals surface area contributed by atoms with Crippen LogP contribution in [-0.4, -0.2) is 4.57 Å². The number of fused-ring (bicyclic) bond motifs is 7. The molecule has 0 radical (unpaired) electrons. The van der Waals surface area contributed by atoms with E-state index in [9.17, 15) is 0 Å². The number of aromatic nitrogens is 1. The van der Waals surface area contributed by atoms with Crippen LogP contribution in [0.15, 0.2) is 59.0 Å². The Morgan fingerprint density at radius 2 is 1.52 bits per heavy atom. The normalized spacial score (nSPS) is 12.8. The molecule has 2 heterocycles. The van der Waals surface area contributed by atoms with Gasteiger partial charge in [0.2, 0.25) is 0 Å². The Morgan fingerprint density at radius 3 is 2.32 bits per heavy atom. The molecule has 5 rings (SSSR count). The zero-order valence-electron chi connectivity index (χ0n) is 15.1. The molecule has 3 aromatic carbocycles. The quantitative estimate of drug-likeness (QED) is 0.316. The van der Waals surface area contributed by atoms with E-state index < -0.39 is 0 Å². The van der Waals surface area contributed by atoms with Crippen molar-refractivity contribution in [1.29, 1.82) is 0 Å². The van der Waals surface area contributed by atoms with Crippen LogP contribution in [0.3, 0.4) is 0 Å². The van der Waals surface area contributed by atoms with Crippen molar-refractivity contribution in [2.75, 3.05) is 0 Å². The standard InChI is InChI=1S/C23H21NO/c1-23(2,3)14-9-10-17-16(13-14)21-18(24(17)4)11-12-20-22(21)15-7-5-6-8-19(15)25-20/h5-13H,1-4H3. The van der Waals surface area contributed by atoms with Gasteiger partial charge < -0.3 is 8.98 Å². The molecule has 5 aromatic rings. The SMILES string of the molecule is Cn1c2ccc(C(C)(C)C)cc2c2c3c(ccc21)oc1ccccc13. The number of hydrogen-bond donors (Lipinski definition) is 0. The van der Waals surface area contributed by atoms with E-state index in [0.717, 1.165) is 11.2 Å². The molecular weight excluding hydrogens is 306 g/mol. The minimum Gasteiger partial charge on any atom is -0.456 e. The van der Waals surface area contributed by atoms with E-state index in [4.69, 9.17) is 4.42 Å². The highest BCUT2D eigenvalue weighted by Gasteiger charge is 2.19. The van der Waals surface area contributed by atoms with Crippen LogP contribution in [0.25, 0.3) is 43.7 Å². The predicted octanol–water partition coefficient (Wildman–Crippen LogP) is 6.53. The van der Waals surface area contributed by atoms with Crippen molar-refractivity contribution in [2.24, 2.45) is 7.05 Å². The summed E-state index contributed by atoms with van der Waals surface area (Å²) in [5.74, 6) is 0. The van der Waals surface area contributed by atoms with Crippen molar-refractivity contribution < 1.29 is 4.42 Å². The van der Waals surface area contributed by atoms with E-state index >= 15 is 0 Å². The summed E-state index contributed by atoms with van der Waals surface area (Å²) >= 11 is 0. The highest BCUT2D eigenvalue weighted by molar-refractivity contribution is 6.26. The fourth-order valence-corrected chi connectivity index (χ4v) is 3.98. The second-order valence-corrected chi connectivity index (χ2v) is 7.97. The zero-order chi connectivity index (χ0) is 17.3. The van der Waals surface area contributed by atoms with E-state index in [2.05, 4.69) is 74.9 Å². The Hall–Kier alpha value is -2.74. The first kappa shape index (κ1) is 14.6. The summed E-state index contributed by atoms with van der Waals surface area (Å²) in [6, 6.07) is 19.5. The second kappa shape index (κ2) is 4.66. The van der Waals surface area contributed by atoms with Gasteiger partial charge in [-0.25, -0.2) is 0 Å². The third-order valence-corrected chi connectivity index (χ3v) is 5.38. The third kappa shape index (κ3) is 1.91. The van der Waals surface area contributed by atoms with Crippen molar-refractivity contribution >= 4 is 43.7 Å². The molecule has 25 heavy (non-hydrogen) atoms. The second-order valence-electron chi connectivity index (χ2n) is 7.97. The molecule has 2 aromatic heterocycles. The molecule has 0 bridgehead atoms. The summed E-state index contributed by atoms with van der Waals surface area (Å²) in [6.45, 7) is 6.80. The van der Waals surface area contributed by atoms with E-state index in [0.29, 0.717) is 0 Å². The Balaban J connectivity index is 2.07. The molecule has 0 amide bonds. The average Bonchev–Trinajstić information content (AvgIpc) is 3.10. The van der Waals surface area contributed by atoms with Gasteiger partial charge in [-0.1, -0.05) is 45.0 Å². The van der Waals surface area contributed by atoms with E-state index in [1.54, 1.807) is 0 Å². The average molecular weight is 327 g/mol. The van der Waals surface area contributed by atoms with E-state index in [1.807, 2.05) is 12.1 Å². The minimum absolute atomic E-state index is 0.128. The molecule has 0 saturated heterocycles. The topological polar surface area (TPSA) is 18.1 Å². The highest BCUT2D eigenvalue weighted by atomic mass is 16.3. The van der Waals surface area contributed by atoms with Gasteiger partial charge in [-0.3, -0.25) is 0 Å². The van der Waals surface area contributed by atoms with Gasteiger partial charge in [0.05, 0.1) is 0 Å². The summed E-state index contributed by atoms with van der Waals surface area (Å²) in [5, 5.41) is 5.02. The molecule has 0 N–H and O–H groups in total. The first-order valence-corrected chi connectivity index (χ1v) is 8.78. The maximum absolute atomic E-state index is 6.11. The number of hydrogen-bond acceptors (Lipinski definition) is 1. The van der Waals surface area contributed by atoms with Crippen molar-refractivity contribution in [3.05, 3.63) is 60.2 Å². The van der Waals surface area contributed by atoms with Crippen LogP contribution in [0.2, 0.25) is 0 Å². The van der Waals surface area contributed by atoms with Gasteiger partial charge in [-0.15, -0.1) is 0 Å². The predicted molar refractivity (Wildman–Crippen MR) is 106 cm³/mol. The summed E-state index contributed by atoms with van der Waals surface area (Å²) in [4.78, 5) is 0. The number of nitrogens with zero attached hydrogens (tertiary/aromatic N) is 1. The maximum Gasteiger partial charge on any atom is 0.136 e. The molecule has 0 fully saturated rings. The van der Waals surface area contributed by atoms with Crippen LogP contribution in [0.1, 0.15) is 26.3 Å². The Morgan fingerprint density at radius 1 is 0.760 bits per heavy atom. The lowest BCUT2D eigenvalue weighted by Gasteiger charge is -2.19. The largest absolute Gasteiger partial charge is 0.456 e. The first-order valence-electron chi connectivity index (χ1n) is 8.78. The molecule has 0 atom stereocenters. The fourth-order valence-electron chi connectivity index (χ4n) is 3.98. The monoisotopic (exact) mass is 327 g/mol. The molecule has 2 nitrogen and oxygen atoms in total. The van der Waals surface area contributed by atoms with Crippen molar-refractivity contribution in [1.82, 2.24) is 4.57 Å². The summed E-state index contributed by atoms with van der Waals surface area (Å²) < 4.78 is 8.40. The molecule has 0 aliphatic rings. The Labute approximate surface area is 146 Å². The van der Waals surface area contributed by atoms with Gasteiger partial charge in [0, 0.05) is 39.6 Å². The van der Waals surface area contributed by atoms with Gasteiger partial charge in [-0.05, 0) is 41.3 Å². The molecule has 0 aliphatic heterocycles. The minimum atomic E-state index is 0.128. The number of rotatable bonds is 0. The van der Waals surface area contributed by atoms with Crippen molar-refractivity contribution in [3.63, 3.8) is 0 Å². The Bertz CT molecular complexity index is 1280. The van der Waals surface area contributed by atoms with Gasteiger partial charge in [0.25, 0.3) is 0 Å². The van der Waals surface area contributed by atoms with Crippen molar-refractivity contribution in [2.45, 2.75) is 26.2 Å². The van der Waals surface area contributed by atoms with Gasteiger partial charge >= 0.3 is 0 Å². The number of aryl methyl sites for hydroxylation is 1. The molecule has 0 saturated carbocycles. The summed E-state index contributed by atoms with van der Waals surface area (Å²) in [5.41, 5.74) is 5.91. The van der Waals surface area contributed by atoms with Crippen LogP contribution >= 0.6 is 0 Å². The third-order valence-electron chi connectivity index (χ3n) is 5.38. The summed E-state index contributed by atoms with van der Waals surface area (Å²) in [7, 11) is 2.15. The molecular formula is C23H21NO. The first-order chi connectivity index (χ1) is 11.9. The van der Waals surface area contributed by atoms with Crippen LogP contribution in [0.5, 0.6) is 0 Å². The lowest BCUT2D eigenvalue weighted by Crippen LogP contribution is -2.10. The fraction of sp³-hybridized carbons (Fsp3) is 0.217. The molecule has 0 aliphatic carbocycles. The van der Waals surface area contributed by atoms with E-state index in [-0.39, 0.29) is 5.41 Å². The van der Waals surface area contributed by atoms with Crippen LogP contribution < -0.4 is 0 Å². The number of benzene rings is 3. The zero-order valence-corrected chi connectivity index (χ0v) is 15.1. The molecule has 2 heteroatoms. The lowest BCUT2D eigenvalue weighted by molar-refractivity contribution is 0.591. The number of furan rings is 1. The molecule has 124 valence electrons. The Kier molecular flexibility index (Phi) is 2.72.